The number of nitrogens with zero attached hydrogens (tertiary/aromatic N) is 3. The van der Waals surface area contributed by atoms with Gasteiger partial charge in [-0.25, -0.2) is 9.97 Å². The Morgan fingerprint density at radius 2 is 2.00 bits per heavy atom. The summed E-state index contributed by atoms with van der Waals surface area (Å²) in [5.74, 6) is 1.17. The van der Waals surface area contributed by atoms with Crippen LogP contribution in [-0.2, 0) is 6.54 Å². The Bertz CT molecular complexity index is 929. The van der Waals surface area contributed by atoms with Gasteiger partial charge in [-0.1, -0.05) is 12.1 Å². The maximum atomic E-state index is 12.4. The van der Waals surface area contributed by atoms with Crippen LogP contribution in [0.5, 0.6) is 0 Å². The Morgan fingerprint density at radius 3 is 2.76 bits per heavy atom. The molecule has 0 atom stereocenters. The standard InChI is InChI=1S/C19H21N5O/c1-15-5-4-7-18-21-16(13-19(25)24(15)18)14-22-9-11-23(12-10-22)17-6-2-3-8-20-17/h2-8,13H,9-12,14H2,1H3/p+2. The molecule has 1 saturated heterocycles. The highest BCUT2D eigenvalue weighted by atomic mass is 16.1. The van der Waals surface area contributed by atoms with E-state index in [0.717, 1.165) is 49.8 Å². The van der Waals surface area contributed by atoms with Crippen molar-refractivity contribution < 1.29 is 9.88 Å². The molecule has 0 aromatic carbocycles. The van der Waals surface area contributed by atoms with Gasteiger partial charge in [-0.2, -0.15) is 0 Å². The zero-order valence-electron chi connectivity index (χ0n) is 14.4. The third-order valence-electron chi connectivity index (χ3n) is 4.87. The van der Waals surface area contributed by atoms with E-state index in [9.17, 15) is 4.79 Å². The number of aromatic amines is 1. The Kier molecular flexibility index (Phi) is 4.19. The van der Waals surface area contributed by atoms with Gasteiger partial charge in [0.1, 0.15) is 44.1 Å². The van der Waals surface area contributed by atoms with Gasteiger partial charge in [-0.15, -0.1) is 0 Å². The fourth-order valence-corrected chi connectivity index (χ4v) is 3.53. The van der Waals surface area contributed by atoms with Crippen molar-refractivity contribution >= 4 is 11.5 Å². The molecular formula is C19H23N5O+2. The first-order chi connectivity index (χ1) is 12.2. The van der Waals surface area contributed by atoms with Gasteiger partial charge in [0, 0.05) is 17.8 Å². The summed E-state index contributed by atoms with van der Waals surface area (Å²) < 4.78 is 1.67. The highest BCUT2D eigenvalue weighted by Gasteiger charge is 2.26. The lowest BCUT2D eigenvalue weighted by Gasteiger charge is -2.28. The van der Waals surface area contributed by atoms with Crippen LogP contribution in [0.4, 0.5) is 5.82 Å². The first kappa shape index (κ1) is 15.8. The monoisotopic (exact) mass is 337 g/mol. The maximum absolute atomic E-state index is 12.4. The molecule has 1 fully saturated rings. The van der Waals surface area contributed by atoms with Crippen LogP contribution in [0.3, 0.4) is 0 Å². The second-order valence-corrected chi connectivity index (χ2v) is 6.61. The van der Waals surface area contributed by atoms with Crippen LogP contribution in [0.25, 0.3) is 5.65 Å². The van der Waals surface area contributed by atoms with Gasteiger partial charge >= 0.3 is 0 Å². The average Bonchev–Trinajstić information content (AvgIpc) is 2.63. The highest BCUT2D eigenvalue weighted by Crippen LogP contribution is 2.05. The van der Waals surface area contributed by atoms with Crippen molar-refractivity contribution in [2.45, 2.75) is 13.5 Å². The molecule has 128 valence electrons. The number of rotatable bonds is 3. The van der Waals surface area contributed by atoms with E-state index < -0.39 is 0 Å². The van der Waals surface area contributed by atoms with Gasteiger partial charge < -0.3 is 4.90 Å². The molecule has 0 bridgehead atoms. The van der Waals surface area contributed by atoms with Gasteiger partial charge in [0.15, 0.2) is 0 Å². The largest absolute Gasteiger partial charge is 0.323 e. The molecule has 25 heavy (non-hydrogen) atoms. The molecule has 2 N–H and O–H groups in total. The molecule has 6 heteroatoms. The molecule has 0 aliphatic carbocycles. The zero-order valence-corrected chi connectivity index (χ0v) is 14.4. The van der Waals surface area contributed by atoms with Gasteiger partial charge in [0.05, 0.1) is 6.20 Å². The van der Waals surface area contributed by atoms with E-state index in [0.29, 0.717) is 0 Å². The second-order valence-electron chi connectivity index (χ2n) is 6.61. The first-order valence-electron chi connectivity index (χ1n) is 8.74. The predicted octanol–water partition coefficient (Wildman–Crippen LogP) is -0.278. The van der Waals surface area contributed by atoms with Gasteiger partial charge in [-0.3, -0.25) is 14.1 Å². The number of quaternary nitrogens is 1. The van der Waals surface area contributed by atoms with Crippen molar-refractivity contribution in [1.29, 1.82) is 0 Å². The third-order valence-corrected chi connectivity index (χ3v) is 4.87. The second kappa shape index (κ2) is 6.64. The van der Waals surface area contributed by atoms with Crippen LogP contribution < -0.4 is 20.3 Å². The number of aromatic nitrogens is 3. The maximum Gasteiger partial charge on any atom is 0.274 e. The molecule has 1 aliphatic rings. The Balaban J connectivity index is 1.47. The molecule has 0 amide bonds. The number of hydrogen-bond donors (Lipinski definition) is 1. The predicted molar refractivity (Wildman–Crippen MR) is 95.8 cm³/mol. The highest BCUT2D eigenvalue weighted by molar-refractivity contribution is 5.40. The van der Waals surface area contributed by atoms with E-state index >= 15 is 0 Å². The molecule has 6 nitrogen and oxygen atoms in total. The van der Waals surface area contributed by atoms with Gasteiger partial charge in [-0.05, 0) is 25.1 Å². The average molecular weight is 337 g/mol. The van der Waals surface area contributed by atoms with Crippen molar-refractivity contribution in [3.05, 3.63) is 70.4 Å². The summed E-state index contributed by atoms with van der Waals surface area (Å²) in [4.78, 5) is 24.2. The Morgan fingerprint density at radius 1 is 1.16 bits per heavy atom. The van der Waals surface area contributed by atoms with Crippen LogP contribution in [-0.4, -0.2) is 35.6 Å². The molecule has 0 spiro atoms. The number of pyridine rings is 2. The molecule has 0 saturated carbocycles. The van der Waals surface area contributed by atoms with E-state index in [1.807, 2.05) is 37.4 Å². The quantitative estimate of drug-likeness (QED) is 0.715. The number of anilines is 1. The lowest BCUT2D eigenvalue weighted by atomic mass is 10.2. The molecule has 3 aromatic rings. The van der Waals surface area contributed by atoms with Crippen LogP contribution in [0.15, 0.2) is 53.5 Å². The molecule has 0 unspecified atom stereocenters. The van der Waals surface area contributed by atoms with Crippen molar-refractivity contribution in [2.24, 2.45) is 0 Å². The smallest absolute Gasteiger partial charge is 0.274 e. The van der Waals surface area contributed by atoms with Crippen molar-refractivity contribution in [2.75, 3.05) is 31.1 Å². The molecule has 1 aliphatic heterocycles. The topological polar surface area (TPSA) is 56.2 Å². The minimum absolute atomic E-state index is 0.00928. The van der Waals surface area contributed by atoms with E-state index in [1.54, 1.807) is 10.5 Å². The fourth-order valence-electron chi connectivity index (χ4n) is 3.53. The number of fused-ring (bicyclic) bond motifs is 1. The van der Waals surface area contributed by atoms with Crippen LogP contribution in [0, 0.1) is 6.92 Å². The number of H-pyrrole nitrogens is 1. The van der Waals surface area contributed by atoms with Crippen LogP contribution in [0.2, 0.25) is 0 Å². The normalized spacial score (nSPS) is 15.6. The van der Waals surface area contributed by atoms with E-state index in [1.165, 1.54) is 10.7 Å². The zero-order chi connectivity index (χ0) is 17.2. The summed E-state index contributed by atoms with van der Waals surface area (Å²) in [6, 6.07) is 13.6. The van der Waals surface area contributed by atoms with Crippen LogP contribution >= 0.6 is 0 Å². The number of aryl methyl sites for hydroxylation is 1. The number of nitrogens with one attached hydrogen (secondary N) is 2. The van der Waals surface area contributed by atoms with Crippen molar-refractivity contribution in [1.82, 2.24) is 9.38 Å². The molecule has 4 heterocycles. The first-order valence-corrected chi connectivity index (χ1v) is 8.74. The van der Waals surface area contributed by atoms with E-state index in [4.69, 9.17) is 4.98 Å². The number of hydrogen-bond acceptors (Lipinski definition) is 3. The minimum Gasteiger partial charge on any atom is -0.323 e. The van der Waals surface area contributed by atoms with Crippen molar-refractivity contribution in [3.63, 3.8) is 0 Å². The van der Waals surface area contributed by atoms with Crippen molar-refractivity contribution in [3.8, 4) is 0 Å². The summed E-state index contributed by atoms with van der Waals surface area (Å²) in [5, 5.41) is 0. The summed E-state index contributed by atoms with van der Waals surface area (Å²) >= 11 is 0. The number of piperazine rings is 1. The van der Waals surface area contributed by atoms with E-state index in [-0.39, 0.29) is 5.56 Å². The lowest BCUT2D eigenvalue weighted by Crippen LogP contribution is -3.13. The summed E-state index contributed by atoms with van der Waals surface area (Å²) in [5.41, 5.74) is 2.54. The molecule has 4 rings (SSSR count). The molecule has 3 aromatic heterocycles. The Hall–Kier alpha value is -2.73. The van der Waals surface area contributed by atoms with Gasteiger partial charge in [0.25, 0.3) is 11.4 Å². The van der Waals surface area contributed by atoms with Crippen LogP contribution in [0.1, 0.15) is 11.4 Å². The minimum atomic E-state index is 0.00928. The third kappa shape index (κ3) is 3.25. The molecular weight excluding hydrogens is 314 g/mol. The fraction of sp³-hybridized carbons (Fsp3) is 0.316. The van der Waals surface area contributed by atoms with Gasteiger partial charge in [0.2, 0.25) is 0 Å². The Labute approximate surface area is 146 Å². The lowest BCUT2D eigenvalue weighted by molar-refractivity contribution is -0.914. The summed E-state index contributed by atoms with van der Waals surface area (Å²) in [6.07, 6.45) is 1.96. The van der Waals surface area contributed by atoms with E-state index in [2.05, 4.69) is 22.0 Å². The summed E-state index contributed by atoms with van der Waals surface area (Å²) in [6.45, 7) is 6.81. The SMILES string of the molecule is Cc1cccc2nc(C[NH+]3CCN(c4cccc[nH+]4)CC3)cc(=O)n12. The molecule has 0 radical (unpaired) electrons. The summed E-state index contributed by atoms with van der Waals surface area (Å²) in [7, 11) is 0.